The van der Waals surface area contributed by atoms with E-state index in [1.807, 2.05) is 0 Å². The third-order valence-electron chi connectivity index (χ3n) is 1.90. The summed E-state index contributed by atoms with van der Waals surface area (Å²) < 4.78 is 1.79. The molecule has 0 fully saturated rings. The van der Waals surface area contributed by atoms with Crippen LogP contribution in [-0.4, -0.2) is 19.5 Å². The summed E-state index contributed by atoms with van der Waals surface area (Å²) >= 11 is 0. The van der Waals surface area contributed by atoms with Gasteiger partial charge in [0.05, 0.1) is 18.8 Å². The van der Waals surface area contributed by atoms with Crippen LogP contribution < -0.4 is 5.73 Å². The second kappa shape index (κ2) is 3.30. The van der Waals surface area contributed by atoms with E-state index in [4.69, 9.17) is 11.0 Å². The van der Waals surface area contributed by atoms with Crippen LogP contribution in [0.2, 0.25) is 0 Å². The summed E-state index contributed by atoms with van der Waals surface area (Å²) in [7, 11) is 0. The highest BCUT2D eigenvalue weighted by molar-refractivity contribution is 5.81. The van der Waals surface area contributed by atoms with Crippen molar-refractivity contribution in [2.24, 2.45) is 0 Å². The van der Waals surface area contributed by atoms with E-state index in [0.29, 0.717) is 29.9 Å². The van der Waals surface area contributed by atoms with Gasteiger partial charge in [0.1, 0.15) is 11.8 Å². The van der Waals surface area contributed by atoms with E-state index in [2.05, 4.69) is 21.0 Å². The second-order valence-corrected chi connectivity index (χ2v) is 2.78. The first kappa shape index (κ1) is 8.44. The molecule has 0 bridgehead atoms. The maximum Gasteiger partial charge on any atom is 0.182 e. The average Bonchev–Trinajstić information content (AvgIpc) is 2.59. The number of rotatable bonds is 2. The van der Waals surface area contributed by atoms with Crippen LogP contribution in [0.4, 0.5) is 5.82 Å². The number of nitrogen functional groups attached to an aromatic ring is 1. The molecule has 0 radical (unpaired) electrons. The lowest BCUT2D eigenvalue weighted by molar-refractivity contribution is 0.736. The van der Waals surface area contributed by atoms with Gasteiger partial charge in [-0.25, -0.2) is 15.0 Å². The fourth-order valence-corrected chi connectivity index (χ4v) is 1.27. The predicted octanol–water partition coefficient (Wildman–Crippen LogP) is 0.322. The third-order valence-corrected chi connectivity index (χ3v) is 1.90. The van der Waals surface area contributed by atoms with E-state index in [-0.39, 0.29) is 0 Å². The summed E-state index contributed by atoms with van der Waals surface area (Å²) in [6.45, 7) is 0.560. The zero-order chi connectivity index (χ0) is 9.97. The largest absolute Gasteiger partial charge is 0.382 e. The minimum Gasteiger partial charge on any atom is -0.382 e. The van der Waals surface area contributed by atoms with E-state index >= 15 is 0 Å². The van der Waals surface area contributed by atoms with Gasteiger partial charge in [-0.3, -0.25) is 0 Å². The summed E-state index contributed by atoms with van der Waals surface area (Å²) in [5.41, 5.74) is 6.94. The first-order valence-corrected chi connectivity index (χ1v) is 4.11. The molecular formula is C8H8N6. The van der Waals surface area contributed by atoms with E-state index < -0.39 is 0 Å². The lowest BCUT2D eigenvalue weighted by Gasteiger charge is -2.00. The van der Waals surface area contributed by atoms with Gasteiger partial charge in [0.2, 0.25) is 0 Å². The Labute approximate surface area is 80.0 Å². The lowest BCUT2D eigenvalue weighted by Crippen LogP contribution is -2.00. The molecule has 2 heterocycles. The fraction of sp³-hybridized carbons (Fsp3) is 0.250. The van der Waals surface area contributed by atoms with Gasteiger partial charge >= 0.3 is 0 Å². The highest BCUT2D eigenvalue weighted by atomic mass is 15.1. The molecule has 14 heavy (non-hydrogen) atoms. The summed E-state index contributed by atoms with van der Waals surface area (Å²) in [6.07, 6.45) is 3.41. The van der Waals surface area contributed by atoms with Gasteiger partial charge in [-0.2, -0.15) is 5.26 Å². The van der Waals surface area contributed by atoms with Gasteiger partial charge in [0.25, 0.3) is 0 Å². The molecule has 0 amide bonds. The van der Waals surface area contributed by atoms with E-state index in [0.717, 1.165) is 0 Å². The first-order chi connectivity index (χ1) is 6.83. The van der Waals surface area contributed by atoms with Crippen molar-refractivity contribution in [3.8, 4) is 6.07 Å². The van der Waals surface area contributed by atoms with Crippen molar-refractivity contribution in [2.45, 2.75) is 13.0 Å². The van der Waals surface area contributed by atoms with Gasteiger partial charge in [-0.15, -0.1) is 0 Å². The number of hydrogen-bond donors (Lipinski definition) is 1. The van der Waals surface area contributed by atoms with Crippen LogP contribution in [0.15, 0.2) is 12.7 Å². The Kier molecular flexibility index (Phi) is 1.99. The highest BCUT2D eigenvalue weighted by Gasteiger charge is 2.06. The Bertz CT molecular complexity index is 494. The maximum absolute atomic E-state index is 8.46. The van der Waals surface area contributed by atoms with Crippen molar-refractivity contribution >= 4 is 17.0 Å². The number of nitriles is 1. The van der Waals surface area contributed by atoms with Crippen LogP contribution >= 0.6 is 0 Å². The zero-order valence-electron chi connectivity index (χ0n) is 7.38. The summed E-state index contributed by atoms with van der Waals surface area (Å²) in [4.78, 5) is 11.9. The molecule has 0 saturated heterocycles. The zero-order valence-corrected chi connectivity index (χ0v) is 7.38. The lowest BCUT2D eigenvalue weighted by atomic mass is 10.4. The summed E-state index contributed by atoms with van der Waals surface area (Å²) in [5.74, 6) is 0.394. The first-order valence-electron chi connectivity index (χ1n) is 4.11. The fourth-order valence-electron chi connectivity index (χ4n) is 1.27. The second-order valence-electron chi connectivity index (χ2n) is 2.78. The molecule has 0 spiro atoms. The van der Waals surface area contributed by atoms with Crippen LogP contribution in [0.25, 0.3) is 11.2 Å². The Hall–Kier alpha value is -2.16. The summed E-state index contributed by atoms with van der Waals surface area (Å²) in [6, 6.07) is 2.06. The molecule has 2 rings (SSSR count). The van der Waals surface area contributed by atoms with Crippen LogP contribution in [0.1, 0.15) is 6.42 Å². The normalized spacial score (nSPS) is 10.2. The average molecular weight is 188 g/mol. The summed E-state index contributed by atoms with van der Waals surface area (Å²) in [5, 5.41) is 8.46. The molecule has 0 aliphatic rings. The van der Waals surface area contributed by atoms with Crippen molar-refractivity contribution in [3.05, 3.63) is 12.7 Å². The molecule has 6 nitrogen and oxygen atoms in total. The maximum atomic E-state index is 8.46. The molecule has 2 N–H and O–H groups in total. The molecule has 70 valence electrons. The molecule has 6 heteroatoms. The SMILES string of the molecule is N#CCCn1cnc2ncnc(N)c21. The number of imidazole rings is 1. The van der Waals surface area contributed by atoms with Gasteiger partial charge in [0, 0.05) is 6.54 Å². The van der Waals surface area contributed by atoms with Crippen LogP contribution in [0.5, 0.6) is 0 Å². The number of hydrogen-bond acceptors (Lipinski definition) is 5. The molecular weight excluding hydrogens is 180 g/mol. The minimum atomic E-state index is 0.394. The van der Waals surface area contributed by atoms with Crippen LogP contribution in [0.3, 0.4) is 0 Å². The van der Waals surface area contributed by atoms with E-state index in [1.54, 1.807) is 10.9 Å². The Balaban J connectivity index is 2.51. The van der Waals surface area contributed by atoms with Crippen LogP contribution in [-0.2, 0) is 6.54 Å². The van der Waals surface area contributed by atoms with Crippen molar-refractivity contribution in [1.82, 2.24) is 19.5 Å². The van der Waals surface area contributed by atoms with Crippen molar-refractivity contribution in [1.29, 1.82) is 5.26 Å². The molecule has 0 unspecified atom stereocenters. The molecule has 0 atom stereocenters. The number of nitrogens with two attached hydrogens (primary N) is 1. The monoisotopic (exact) mass is 188 g/mol. The highest BCUT2D eigenvalue weighted by Crippen LogP contribution is 2.14. The molecule has 0 aromatic carbocycles. The number of nitrogens with zero attached hydrogens (tertiary/aromatic N) is 5. The smallest absolute Gasteiger partial charge is 0.182 e. The van der Waals surface area contributed by atoms with E-state index in [1.165, 1.54) is 6.33 Å². The predicted molar refractivity (Wildman–Crippen MR) is 50.0 cm³/mol. The quantitative estimate of drug-likeness (QED) is 0.732. The van der Waals surface area contributed by atoms with Crippen LogP contribution in [0, 0.1) is 11.3 Å². The molecule has 2 aromatic heterocycles. The minimum absolute atomic E-state index is 0.394. The number of fused-ring (bicyclic) bond motifs is 1. The number of anilines is 1. The van der Waals surface area contributed by atoms with Gasteiger partial charge < -0.3 is 10.3 Å². The molecule has 2 aromatic rings. The number of aromatic nitrogens is 4. The Morgan fingerprint density at radius 2 is 2.29 bits per heavy atom. The van der Waals surface area contributed by atoms with Gasteiger partial charge in [-0.05, 0) is 0 Å². The third kappa shape index (κ3) is 1.25. The van der Waals surface area contributed by atoms with Gasteiger partial charge in [0.15, 0.2) is 11.5 Å². The Morgan fingerprint density at radius 1 is 1.43 bits per heavy atom. The van der Waals surface area contributed by atoms with Crippen molar-refractivity contribution in [2.75, 3.05) is 5.73 Å². The standard InChI is InChI=1S/C8H8N6/c9-2-1-3-14-5-13-8-6(14)7(10)11-4-12-8/h4-5H,1,3H2,(H2,10,11,12). The Morgan fingerprint density at radius 3 is 3.07 bits per heavy atom. The van der Waals surface area contributed by atoms with Crippen molar-refractivity contribution < 1.29 is 0 Å². The molecule has 0 aliphatic heterocycles. The topological polar surface area (TPSA) is 93.4 Å². The van der Waals surface area contributed by atoms with Crippen molar-refractivity contribution in [3.63, 3.8) is 0 Å². The number of aryl methyl sites for hydroxylation is 1. The molecule has 0 aliphatic carbocycles. The van der Waals surface area contributed by atoms with Gasteiger partial charge in [-0.1, -0.05) is 0 Å². The van der Waals surface area contributed by atoms with E-state index in [9.17, 15) is 0 Å². The molecule has 0 saturated carbocycles.